The maximum atomic E-state index is 13.8. The second kappa shape index (κ2) is 17.1. The van der Waals surface area contributed by atoms with E-state index in [-0.39, 0.29) is 50.6 Å². The number of halogens is 3. The fraction of sp³-hybridized carbons (Fsp3) is 0.471. The minimum Gasteiger partial charge on any atom is -0.491 e. The standard InChI is InChI=1S/C34H44F3N7O5S/c1-33(2,3)29(31(47)44-14-13-25(45)20-44)41-28(46)21-48-15-16-49-26-11-9-23(10-12-26)40-32-39-19-27(34(35,36)37)30(42-32)38-18-22-7-6-8-24(17-22)43(4)50-5/h6-12,17,19,25,29,45H,13-16,18,20-21H2,1-5H3,(H,41,46)(H2,38,39,40,42). The van der Waals surface area contributed by atoms with Crippen LogP contribution in [0.2, 0.25) is 0 Å². The van der Waals surface area contributed by atoms with E-state index in [1.165, 1.54) is 11.9 Å². The maximum Gasteiger partial charge on any atom is 0.421 e. The van der Waals surface area contributed by atoms with Gasteiger partial charge < -0.3 is 39.7 Å². The second-order valence-electron chi connectivity index (χ2n) is 12.8. The Kier molecular flexibility index (Phi) is 13.2. The minimum absolute atomic E-state index is 0.0230. The number of aromatic nitrogens is 2. The van der Waals surface area contributed by atoms with Gasteiger partial charge in [-0.25, -0.2) is 4.98 Å². The lowest BCUT2D eigenvalue weighted by molar-refractivity contribution is -0.140. The first-order valence-corrected chi connectivity index (χ1v) is 17.2. The van der Waals surface area contributed by atoms with E-state index in [1.54, 1.807) is 29.2 Å². The zero-order valence-electron chi connectivity index (χ0n) is 28.7. The summed E-state index contributed by atoms with van der Waals surface area (Å²) >= 11 is 1.52. The van der Waals surface area contributed by atoms with Gasteiger partial charge in [0.15, 0.2) is 0 Å². The van der Waals surface area contributed by atoms with Gasteiger partial charge >= 0.3 is 6.18 Å². The first kappa shape index (κ1) is 38.5. The monoisotopic (exact) mass is 719 g/mol. The number of aliphatic hydroxyl groups excluding tert-OH is 1. The zero-order valence-corrected chi connectivity index (χ0v) is 29.5. The Labute approximate surface area is 294 Å². The highest BCUT2D eigenvalue weighted by Gasteiger charge is 2.38. The van der Waals surface area contributed by atoms with Gasteiger partial charge in [0.2, 0.25) is 17.8 Å². The summed E-state index contributed by atoms with van der Waals surface area (Å²) in [6, 6.07) is 13.3. The van der Waals surface area contributed by atoms with E-state index >= 15 is 0 Å². The molecule has 16 heteroatoms. The summed E-state index contributed by atoms with van der Waals surface area (Å²) in [5.41, 5.74) is 0.708. The van der Waals surface area contributed by atoms with Crippen LogP contribution in [-0.4, -0.2) is 90.1 Å². The summed E-state index contributed by atoms with van der Waals surface area (Å²) in [7, 11) is 1.90. The van der Waals surface area contributed by atoms with Crippen LogP contribution >= 0.6 is 11.9 Å². The summed E-state index contributed by atoms with van der Waals surface area (Å²) < 4.78 is 54.3. The highest BCUT2D eigenvalue weighted by molar-refractivity contribution is 7.99. The number of hydrogen-bond donors (Lipinski definition) is 4. The molecule has 0 radical (unpaired) electrons. The number of ether oxygens (including phenoxy) is 2. The SMILES string of the molecule is CSN(C)c1cccc(CNc2nc(Nc3ccc(OCCOCC(=O)NC(C(=O)N4CCC(O)C4)C(C)(C)C)cc3)ncc2C(F)(F)F)c1. The number of carbonyl (C=O) groups is 2. The minimum atomic E-state index is -4.65. The zero-order chi connectivity index (χ0) is 36.5. The Hall–Kier alpha value is -4.28. The number of likely N-dealkylation sites (tertiary alicyclic amines) is 1. The quantitative estimate of drug-likeness (QED) is 0.123. The molecule has 1 aromatic heterocycles. The lowest BCUT2D eigenvalue weighted by Gasteiger charge is -2.33. The Balaban J connectivity index is 1.26. The molecule has 2 heterocycles. The molecule has 2 atom stereocenters. The number of hydrogen-bond acceptors (Lipinski definition) is 11. The number of aliphatic hydroxyl groups is 1. The molecule has 2 aromatic carbocycles. The average molecular weight is 720 g/mol. The van der Waals surface area contributed by atoms with Crippen LogP contribution in [0, 0.1) is 5.41 Å². The van der Waals surface area contributed by atoms with E-state index in [4.69, 9.17) is 9.47 Å². The maximum absolute atomic E-state index is 13.8. The molecule has 0 aliphatic carbocycles. The van der Waals surface area contributed by atoms with Crippen LogP contribution in [0.3, 0.4) is 0 Å². The van der Waals surface area contributed by atoms with Gasteiger partial charge in [-0.05, 0) is 53.8 Å². The number of rotatable bonds is 15. The summed E-state index contributed by atoms with van der Waals surface area (Å²) in [4.78, 5) is 35.1. The molecule has 1 aliphatic heterocycles. The third kappa shape index (κ3) is 11.1. The Morgan fingerprint density at radius 2 is 1.88 bits per heavy atom. The van der Waals surface area contributed by atoms with E-state index in [0.717, 1.165) is 17.4 Å². The molecule has 0 saturated carbocycles. The van der Waals surface area contributed by atoms with Crippen molar-refractivity contribution in [1.82, 2.24) is 20.2 Å². The molecule has 2 amide bonds. The fourth-order valence-electron chi connectivity index (χ4n) is 5.06. The fourth-order valence-corrected chi connectivity index (χ4v) is 5.38. The Morgan fingerprint density at radius 3 is 2.52 bits per heavy atom. The third-order valence-corrected chi connectivity index (χ3v) is 8.59. The molecular formula is C34H44F3N7O5S. The smallest absolute Gasteiger partial charge is 0.421 e. The van der Waals surface area contributed by atoms with E-state index < -0.39 is 35.2 Å². The average Bonchev–Trinajstić information content (AvgIpc) is 3.51. The van der Waals surface area contributed by atoms with Gasteiger partial charge in [0.25, 0.3) is 0 Å². The largest absolute Gasteiger partial charge is 0.491 e. The number of nitrogens with zero attached hydrogens (tertiary/aromatic N) is 4. The van der Waals surface area contributed by atoms with E-state index in [9.17, 15) is 27.9 Å². The summed E-state index contributed by atoms with van der Waals surface area (Å²) in [6.45, 7) is 6.37. The van der Waals surface area contributed by atoms with E-state index in [0.29, 0.717) is 24.4 Å². The van der Waals surface area contributed by atoms with Crippen molar-refractivity contribution in [2.24, 2.45) is 5.41 Å². The number of anilines is 4. The lowest BCUT2D eigenvalue weighted by atomic mass is 9.85. The van der Waals surface area contributed by atoms with Gasteiger partial charge in [-0.15, -0.1) is 0 Å². The van der Waals surface area contributed by atoms with Crippen LogP contribution in [-0.2, 0) is 27.0 Å². The van der Waals surface area contributed by atoms with E-state index in [2.05, 4.69) is 25.9 Å². The molecule has 0 spiro atoms. The molecule has 0 bridgehead atoms. The number of amides is 2. The number of β-amino-alcohol motifs (C(OH)–C–C–N with tert-alkyl or cyclic N) is 1. The van der Waals surface area contributed by atoms with Crippen LogP contribution in [0.15, 0.2) is 54.7 Å². The summed E-state index contributed by atoms with van der Waals surface area (Å²) in [5, 5.41) is 18.3. The molecular weight excluding hydrogens is 675 g/mol. The first-order valence-electron chi connectivity index (χ1n) is 16.0. The summed E-state index contributed by atoms with van der Waals surface area (Å²) in [5.74, 6) is -0.545. The number of nitrogens with one attached hydrogen (secondary N) is 3. The molecule has 1 saturated heterocycles. The molecule has 12 nitrogen and oxygen atoms in total. The number of benzene rings is 2. The van der Waals surface area contributed by atoms with Crippen LogP contribution < -0.4 is 25.0 Å². The highest BCUT2D eigenvalue weighted by atomic mass is 32.2. The van der Waals surface area contributed by atoms with Crippen molar-refractivity contribution in [1.29, 1.82) is 0 Å². The van der Waals surface area contributed by atoms with Gasteiger partial charge in [-0.3, -0.25) is 9.59 Å². The van der Waals surface area contributed by atoms with Crippen molar-refractivity contribution >= 4 is 46.9 Å². The third-order valence-electron chi connectivity index (χ3n) is 7.84. The highest BCUT2D eigenvalue weighted by Crippen LogP contribution is 2.34. The van der Waals surface area contributed by atoms with Crippen LogP contribution in [0.1, 0.15) is 38.3 Å². The van der Waals surface area contributed by atoms with Crippen molar-refractivity contribution < 1.29 is 37.3 Å². The molecule has 4 rings (SSSR count). The molecule has 3 aromatic rings. The number of carbonyl (C=O) groups excluding carboxylic acids is 2. The molecule has 272 valence electrons. The normalized spacial score (nSPS) is 15.4. The predicted octanol–water partition coefficient (Wildman–Crippen LogP) is 5.08. The van der Waals surface area contributed by atoms with Crippen molar-refractivity contribution in [3.05, 3.63) is 65.9 Å². The van der Waals surface area contributed by atoms with Gasteiger partial charge in [-0.1, -0.05) is 44.9 Å². The Morgan fingerprint density at radius 1 is 1.14 bits per heavy atom. The molecule has 1 aliphatic rings. The molecule has 4 N–H and O–H groups in total. The lowest BCUT2D eigenvalue weighted by Crippen LogP contribution is -2.55. The first-order chi connectivity index (χ1) is 23.6. The van der Waals surface area contributed by atoms with Crippen LogP contribution in [0.25, 0.3) is 0 Å². The van der Waals surface area contributed by atoms with E-state index in [1.807, 2.05) is 62.6 Å². The van der Waals surface area contributed by atoms with Crippen LogP contribution in [0.5, 0.6) is 5.75 Å². The molecule has 2 unspecified atom stereocenters. The van der Waals surface area contributed by atoms with Crippen molar-refractivity contribution in [3.8, 4) is 5.75 Å². The predicted molar refractivity (Wildman–Crippen MR) is 187 cm³/mol. The van der Waals surface area contributed by atoms with Crippen LogP contribution in [0.4, 0.5) is 36.3 Å². The van der Waals surface area contributed by atoms with Gasteiger partial charge in [0.05, 0.1) is 12.7 Å². The Bertz CT molecular complexity index is 1590. The summed E-state index contributed by atoms with van der Waals surface area (Å²) in [6.07, 6.45) is -2.02. The van der Waals surface area contributed by atoms with Crippen molar-refractivity contribution in [2.45, 2.75) is 52.1 Å². The van der Waals surface area contributed by atoms with Crippen molar-refractivity contribution in [2.75, 3.05) is 61.2 Å². The van der Waals surface area contributed by atoms with Crippen molar-refractivity contribution in [3.63, 3.8) is 0 Å². The number of alkyl halides is 3. The van der Waals surface area contributed by atoms with Gasteiger partial charge in [-0.2, -0.15) is 18.2 Å². The molecule has 50 heavy (non-hydrogen) atoms. The topological polar surface area (TPSA) is 141 Å². The van der Waals surface area contributed by atoms with Gasteiger partial charge in [0.1, 0.15) is 36.4 Å². The second-order valence-corrected chi connectivity index (χ2v) is 13.7. The van der Waals surface area contributed by atoms with Gasteiger partial charge in [0, 0.05) is 50.5 Å². The molecule has 1 fully saturated rings.